The SMILES string of the molecule is CC[C@H](C)Nc1ccc(S(=O)(=O)N[C@H](C)c2ccccc2)cc1C(=O)O. The summed E-state index contributed by atoms with van der Waals surface area (Å²) in [6, 6.07) is 12.9. The highest BCUT2D eigenvalue weighted by Gasteiger charge is 2.22. The lowest BCUT2D eigenvalue weighted by Crippen LogP contribution is -2.27. The summed E-state index contributed by atoms with van der Waals surface area (Å²) < 4.78 is 27.9. The molecule has 2 aromatic carbocycles. The summed E-state index contributed by atoms with van der Waals surface area (Å²) in [7, 11) is -3.86. The van der Waals surface area contributed by atoms with Crippen LogP contribution in [0.5, 0.6) is 0 Å². The Hall–Kier alpha value is -2.38. The molecule has 0 aliphatic heterocycles. The molecule has 2 rings (SSSR count). The van der Waals surface area contributed by atoms with Crippen LogP contribution in [0, 0.1) is 0 Å². The van der Waals surface area contributed by atoms with Crippen LogP contribution in [0.15, 0.2) is 53.4 Å². The number of carboxylic acid groups (broad SMARTS) is 1. The van der Waals surface area contributed by atoms with Crippen LogP contribution in [0.25, 0.3) is 0 Å². The largest absolute Gasteiger partial charge is 0.478 e. The van der Waals surface area contributed by atoms with Crippen molar-refractivity contribution in [2.24, 2.45) is 0 Å². The molecule has 0 unspecified atom stereocenters. The van der Waals surface area contributed by atoms with Crippen molar-refractivity contribution in [3.8, 4) is 0 Å². The standard InChI is InChI=1S/C19H24N2O4S/c1-4-13(2)20-18-11-10-16(12-17(18)19(22)23)26(24,25)21-14(3)15-8-6-5-7-9-15/h5-14,20-21H,4H2,1-3H3,(H,22,23)/t13-,14+/m0/s1. The van der Waals surface area contributed by atoms with E-state index in [0.29, 0.717) is 5.69 Å². The summed E-state index contributed by atoms with van der Waals surface area (Å²) in [4.78, 5) is 11.5. The highest BCUT2D eigenvalue weighted by molar-refractivity contribution is 7.89. The van der Waals surface area contributed by atoms with Crippen LogP contribution in [-0.2, 0) is 10.0 Å². The van der Waals surface area contributed by atoms with Crippen molar-refractivity contribution in [3.05, 3.63) is 59.7 Å². The number of benzene rings is 2. The molecule has 0 saturated heterocycles. The van der Waals surface area contributed by atoms with E-state index in [0.717, 1.165) is 12.0 Å². The van der Waals surface area contributed by atoms with Crippen molar-refractivity contribution in [2.45, 2.75) is 44.2 Å². The molecule has 6 nitrogen and oxygen atoms in total. The molecule has 7 heteroatoms. The number of hydrogen-bond acceptors (Lipinski definition) is 4. The molecule has 0 aliphatic carbocycles. The highest BCUT2D eigenvalue weighted by Crippen LogP contribution is 2.23. The van der Waals surface area contributed by atoms with Gasteiger partial charge in [-0.2, -0.15) is 0 Å². The number of aromatic carboxylic acids is 1. The first-order valence-corrected chi connectivity index (χ1v) is 9.94. The Balaban J connectivity index is 2.31. The van der Waals surface area contributed by atoms with Gasteiger partial charge in [-0.15, -0.1) is 0 Å². The van der Waals surface area contributed by atoms with E-state index in [1.807, 2.05) is 44.2 Å². The Morgan fingerprint density at radius 1 is 1.12 bits per heavy atom. The van der Waals surface area contributed by atoms with Gasteiger partial charge in [0.25, 0.3) is 0 Å². The zero-order chi connectivity index (χ0) is 19.3. The predicted molar refractivity (Wildman–Crippen MR) is 102 cm³/mol. The summed E-state index contributed by atoms with van der Waals surface area (Å²) in [5.41, 5.74) is 1.16. The van der Waals surface area contributed by atoms with E-state index < -0.39 is 22.0 Å². The Bertz CT molecular complexity index is 866. The topological polar surface area (TPSA) is 95.5 Å². The van der Waals surface area contributed by atoms with E-state index >= 15 is 0 Å². The Morgan fingerprint density at radius 2 is 1.77 bits per heavy atom. The average molecular weight is 376 g/mol. The maximum atomic E-state index is 12.7. The zero-order valence-corrected chi connectivity index (χ0v) is 15.9. The molecule has 2 aromatic rings. The second-order valence-corrected chi connectivity index (χ2v) is 7.93. The number of nitrogens with one attached hydrogen (secondary N) is 2. The molecular formula is C19H24N2O4S. The lowest BCUT2D eigenvalue weighted by atomic mass is 10.1. The van der Waals surface area contributed by atoms with Gasteiger partial charge in [0.05, 0.1) is 10.5 Å². The lowest BCUT2D eigenvalue weighted by molar-refractivity contribution is 0.0697. The van der Waals surface area contributed by atoms with Crippen molar-refractivity contribution < 1.29 is 18.3 Å². The maximum Gasteiger partial charge on any atom is 0.337 e. The van der Waals surface area contributed by atoms with Gasteiger partial charge in [0.15, 0.2) is 0 Å². The van der Waals surface area contributed by atoms with Gasteiger partial charge in [-0.3, -0.25) is 0 Å². The smallest absolute Gasteiger partial charge is 0.337 e. The molecule has 0 saturated carbocycles. The summed E-state index contributed by atoms with van der Waals surface area (Å²) in [6.07, 6.45) is 0.815. The van der Waals surface area contributed by atoms with Gasteiger partial charge in [-0.1, -0.05) is 37.3 Å². The van der Waals surface area contributed by atoms with Crippen molar-refractivity contribution in [1.29, 1.82) is 0 Å². The third-order valence-corrected chi connectivity index (χ3v) is 5.72. The lowest BCUT2D eigenvalue weighted by Gasteiger charge is -2.18. The van der Waals surface area contributed by atoms with Crippen LogP contribution >= 0.6 is 0 Å². The van der Waals surface area contributed by atoms with E-state index in [4.69, 9.17) is 0 Å². The minimum Gasteiger partial charge on any atom is -0.478 e. The Labute approximate surface area is 154 Å². The minimum atomic E-state index is -3.86. The maximum absolute atomic E-state index is 12.7. The fraction of sp³-hybridized carbons (Fsp3) is 0.316. The van der Waals surface area contributed by atoms with Crippen molar-refractivity contribution in [1.82, 2.24) is 4.72 Å². The molecule has 0 aliphatic rings. The summed E-state index contributed by atoms with van der Waals surface area (Å²) in [6.45, 7) is 5.65. The van der Waals surface area contributed by atoms with E-state index in [1.54, 1.807) is 6.92 Å². The average Bonchev–Trinajstić information content (AvgIpc) is 2.61. The van der Waals surface area contributed by atoms with Gasteiger partial charge in [0, 0.05) is 17.8 Å². The molecule has 140 valence electrons. The fourth-order valence-electron chi connectivity index (χ4n) is 2.47. The molecule has 0 heterocycles. The first-order chi connectivity index (χ1) is 12.2. The summed E-state index contributed by atoms with van der Waals surface area (Å²) >= 11 is 0. The number of carboxylic acids is 1. The van der Waals surface area contributed by atoms with Gasteiger partial charge in [0.2, 0.25) is 10.0 Å². The first kappa shape index (κ1) is 19.9. The minimum absolute atomic E-state index is 0.0689. The quantitative estimate of drug-likeness (QED) is 0.654. The van der Waals surface area contributed by atoms with Crippen LogP contribution in [0.1, 0.15) is 49.2 Å². The van der Waals surface area contributed by atoms with Crippen molar-refractivity contribution >= 4 is 21.7 Å². The molecular weight excluding hydrogens is 352 g/mol. The summed E-state index contributed by atoms with van der Waals surface area (Å²) in [5, 5.41) is 12.5. The zero-order valence-electron chi connectivity index (χ0n) is 15.1. The Kier molecular flexibility index (Phi) is 6.39. The van der Waals surface area contributed by atoms with Crippen LogP contribution in [0.4, 0.5) is 5.69 Å². The van der Waals surface area contributed by atoms with E-state index in [1.165, 1.54) is 18.2 Å². The van der Waals surface area contributed by atoms with Gasteiger partial charge in [-0.05, 0) is 44.0 Å². The molecule has 3 N–H and O–H groups in total. The molecule has 0 bridgehead atoms. The van der Waals surface area contributed by atoms with Gasteiger partial charge in [-0.25, -0.2) is 17.9 Å². The normalized spacial score (nSPS) is 13.8. The molecule has 0 amide bonds. The molecule has 26 heavy (non-hydrogen) atoms. The van der Waals surface area contributed by atoms with Crippen molar-refractivity contribution in [2.75, 3.05) is 5.32 Å². The van der Waals surface area contributed by atoms with Gasteiger partial charge in [0.1, 0.15) is 0 Å². The monoisotopic (exact) mass is 376 g/mol. The Morgan fingerprint density at radius 3 is 2.35 bits per heavy atom. The first-order valence-electron chi connectivity index (χ1n) is 8.45. The number of hydrogen-bond donors (Lipinski definition) is 3. The van der Waals surface area contributed by atoms with Crippen LogP contribution in [-0.4, -0.2) is 25.5 Å². The van der Waals surface area contributed by atoms with Crippen LogP contribution in [0.2, 0.25) is 0 Å². The third-order valence-electron chi connectivity index (χ3n) is 4.18. The molecule has 2 atom stereocenters. The van der Waals surface area contributed by atoms with E-state index in [-0.39, 0.29) is 16.5 Å². The molecule has 0 aromatic heterocycles. The van der Waals surface area contributed by atoms with Gasteiger partial charge >= 0.3 is 5.97 Å². The number of rotatable bonds is 8. The van der Waals surface area contributed by atoms with Crippen molar-refractivity contribution in [3.63, 3.8) is 0 Å². The molecule has 0 radical (unpaired) electrons. The second kappa shape index (κ2) is 8.33. The fourth-order valence-corrected chi connectivity index (χ4v) is 3.73. The van der Waals surface area contributed by atoms with E-state index in [9.17, 15) is 18.3 Å². The van der Waals surface area contributed by atoms with Crippen LogP contribution in [0.3, 0.4) is 0 Å². The number of carbonyl (C=O) groups is 1. The van der Waals surface area contributed by atoms with Crippen LogP contribution < -0.4 is 10.0 Å². The molecule has 0 fully saturated rings. The second-order valence-electron chi connectivity index (χ2n) is 6.22. The predicted octanol–water partition coefficient (Wildman–Crippen LogP) is 3.63. The highest BCUT2D eigenvalue weighted by atomic mass is 32.2. The number of sulfonamides is 1. The third kappa shape index (κ3) is 4.83. The molecule has 0 spiro atoms. The number of anilines is 1. The van der Waals surface area contributed by atoms with Gasteiger partial charge < -0.3 is 10.4 Å². The summed E-state index contributed by atoms with van der Waals surface area (Å²) in [5.74, 6) is -1.18. The van der Waals surface area contributed by atoms with E-state index in [2.05, 4.69) is 10.0 Å².